The van der Waals surface area contributed by atoms with E-state index in [1.807, 2.05) is 18.2 Å². The number of carbonyl (C=O) groups is 2. The molecule has 2 aromatic carbocycles. The maximum atomic E-state index is 12.3. The van der Waals surface area contributed by atoms with E-state index < -0.39 is 5.97 Å². The Morgan fingerprint density at radius 2 is 1.88 bits per heavy atom. The number of hydrogen-bond donors (Lipinski definition) is 1. The summed E-state index contributed by atoms with van der Waals surface area (Å²) in [5.74, 6) is -1.03. The quantitative estimate of drug-likeness (QED) is 0.880. The molecule has 5 heteroatoms. The number of esters is 1. The van der Waals surface area contributed by atoms with Crippen LogP contribution in [0.15, 0.2) is 42.5 Å². The molecule has 1 aliphatic rings. The van der Waals surface area contributed by atoms with E-state index in [0.717, 1.165) is 12.0 Å². The summed E-state index contributed by atoms with van der Waals surface area (Å²) in [6, 6.07) is 12.9. The van der Waals surface area contributed by atoms with E-state index >= 15 is 0 Å². The molecular weight excluding hydrogens is 306 g/mol. The van der Waals surface area contributed by atoms with Crippen LogP contribution < -0.4 is 0 Å². The van der Waals surface area contributed by atoms with Crippen LogP contribution in [0.5, 0.6) is 5.75 Å². The fourth-order valence-electron chi connectivity index (χ4n) is 2.83. The van der Waals surface area contributed by atoms with Crippen LogP contribution in [0.2, 0.25) is 0 Å². The number of hydrogen-bond acceptors (Lipinski definition) is 4. The highest BCUT2D eigenvalue weighted by molar-refractivity contribution is 5.94. The lowest BCUT2D eigenvalue weighted by Crippen LogP contribution is -2.38. The number of fused-ring (bicyclic) bond motifs is 1. The van der Waals surface area contributed by atoms with Crippen molar-refractivity contribution >= 4 is 11.9 Å². The van der Waals surface area contributed by atoms with Crippen LogP contribution in [0.4, 0.5) is 0 Å². The first kappa shape index (κ1) is 16.1. The van der Waals surface area contributed by atoms with E-state index in [9.17, 15) is 14.7 Å². The van der Waals surface area contributed by atoms with Crippen LogP contribution in [-0.4, -0.2) is 35.0 Å². The third-order valence-corrected chi connectivity index (χ3v) is 4.27. The zero-order chi connectivity index (χ0) is 17.1. The number of phenolic OH excluding ortho intramolecular Hbond substituents is 1. The number of amides is 1. The maximum Gasteiger partial charge on any atom is 0.342 e. The van der Waals surface area contributed by atoms with Gasteiger partial charge in [0.25, 0.3) is 5.91 Å². The second-order valence-electron chi connectivity index (χ2n) is 5.88. The van der Waals surface area contributed by atoms with Crippen molar-refractivity contribution in [1.82, 2.24) is 4.90 Å². The molecule has 1 heterocycles. The molecule has 5 nitrogen and oxygen atoms in total. The topological polar surface area (TPSA) is 66.8 Å². The van der Waals surface area contributed by atoms with Crippen LogP contribution in [0, 0.1) is 6.92 Å². The molecule has 0 aliphatic carbocycles. The van der Waals surface area contributed by atoms with Crippen LogP contribution in [0.1, 0.15) is 27.0 Å². The Kier molecular flexibility index (Phi) is 4.51. The monoisotopic (exact) mass is 325 g/mol. The SMILES string of the molecule is Cc1cccc(C(=O)OCC(=O)N2CCc3ccccc3C2)c1O. The number of benzene rings is 2. The van der Waals surface area contributed by atoms with Gasteiger partial charge in [-0.25, -0.2) is 4.79 Å². The number of phenols is 1. The molecule has 0 bridgehead atoms. The molecule has 0 saturated heterocycles. The third-order valence-electron chi connectivity index (χ3n) is 4.27. The van der Waals surface area contributed by atoms with Gasteiger partial charge in [0.2, 0.25) is 0 Å². The van der Waals surface area contributed by atoms with Gasteiger partial charge >= 0.3 is 5.97 Å². The van der Waals surface area contributed by atoms with Crippen LogP contribution in [0.3, 0.4) is 0 Å². The summed E-state index contributed by atoms with van der Waals surface area (Å²) in [4.78, 5) is 26.0. The lowest BCUT2D eigenvalue weighted by molar-refractivity contribution is -0.135. The molecule has 0 unspecified atom stereocenters. The number of nitrogens with zero attached hydrogens (tertiary/aromatic N) is 1. The first-order valence-electron chi connectivity index (χ1n) is 7.86. The first-order chi connectivity index (χ1) is 11.6. The molecule has 1 N–H and O–H groups in total. The van der Waals surface area contributed by atoms with E-state index in [4.69, 9.17) is 4.74 Å². The van der Waals surface area contributed by atoms with Crippen molar-refractivity contribution in [1.29, 1.82) is 0 Å². The average Bonchev–Trinajstić information content (AvgIpc) is 2.61. The average molecular weight is 325 g/mol. The summed E-state index contributed by atoms with van der Waals surface area (Å²) >= 11 is 0. The number of rotatable bonds is 3. The number of aryl methyl sites for hydroxylation is 1. The predicted molar refractivity (Wildman–Crippen MR) is 88.7 cm³/mol. The van der Waals surface area contributed by atoms with Crippen molar-refractivity contribution in [3.8, 4) is 5.75 Å². The molecule has 1 aliphatic heterocycles. The maximum absolute atomic E-state index is 12.3. The lowest BCUT2D eigenvalue weighted by atomic mass is 10.00. The minimum Gasteiger partial charge on any atom is -0.507 e. The van der Waals surface area contributed by atoms with Gasteiger partial charge in [-0.05, 0) is 36.1 Å². The molecule has 0 spiro atoms. The van der Waals surface area contributed by atoms with E-state index in [0.29, 0.717) is 18.7 Å². The lowest BCUT2D eigenvalue weighted by Gasteiger charge is -2.28. The van der Waals surface area contributed by atoms with Crippen molar-refractivity contribution in [2.24, 2.45) is 0 Å². The molecule has 3 rings (SSSR count). The molecule has 1 amide bonds. The molecule has 0 radical (unpaired) electrons. The van der Waals surface area contributed by atoms with Crippen LogP contribution in [0.25, 0.3) is 0 Å². The normalized spacial score (nSPS) is 13.3. The van der Waals surface area contributed by atoms with Gasteiger partial charge in [0.1, 0.15) is 11.3 Å². The highest BCUT2D eigenvalue weighted by atomic mass is 16.5. The third kappa shape index (κ3) is 3.25. The second kappa shape index (κ2) is 6.74. The summed E-state index contributed by atoms with van der Waals surface area (Å²) in [6.45, 7) is 2.52. The zero-order valence-electron chi connectivity index (χ0n) is 13.5. The van der Waals surface area contributed by atoms with Gasteiger partial charge in [0.05, 0.1) is 0 Å². The van der Waals surface area contributed by atoms with Crippen molar-refractivity contribution in [3.63, 3.8) is 0 Å². The smallest absolute Gasteiger partial charge is 0.342 e. The summed E-state index contributed by atoms with van der Waals surface area (Å²) in [6.07, 6.45) is 0.800. The molecule has 24 heavy (non-hydrogen) atoms. The highest BCUT2D eigenvalue weighted by Crippen LogP contribution is 2.22. The van der Waals surface area contributed by atoms with E-state index in [1.54, 1.807) is 24.0 Å². The molecular formula is C19H19NO4. The number of carbonyl (C=O) groups excluding carboxylic acids is 2. The summed E-state index contributed by atoms with van der Waals surface area (Å²) in [7, 11) is 0. The van der Waals surface area contributed by atoms with Crippen LogP contribution in [-0.2, 0) is 22.5 Å². The van der Waals surface area contributed by atoms with Gasteiger partial charge in [-0.1, -0.05) is 36.4 Å². The molecule has 0 aromatic heterocycles. The summed E-state index contributed by atoms with van der Waals surface area (Å²) in [5, 5.41) is 9.89. The van der Waals surface area contributed by atoms with Crippen LogP contribution >= 0.6 is 0 Å². The van der Waals surface area contributed by atoms with Gasteiger partial charge in [-0.2, -0.15) is 0 Å². The Hall–Kier alpha value is -2.82. The fraction of sp³-hybridized carbons (Fsp3) is 0.263. The number of aromatic hydroxyl groups is 1. The van der Waals surface area contributed by atoms with Gasteiger partial charge in [-0.15, -0.1) is 0 Å². The van der Waals surface area contributed by atoms with Gasteiger partial charge in [0, 0.05) is 13.1 Å². The number of ether oxygens (including phenoxy) is 1. The number of para-hydroxylation sites is 1. The van der Waals surface area contributed by atoms with Crippen molar-refractivity contribution in [2.45, 2.75) is 19.9 Å². The fourth-order valence-corrected chi connectivity index (χ4v) is 2.83. The molecule has 2 aromatic rings. The zero-order valence-corrected chi connectivity index (χ0v) is 13.5. The van der Waals surface area contributed by atoms with E-state index in [1.165, 1.54) is 11.6 Å². The Morgan fingerprint density at radius 1 is 1.12 bits per heavy atom. The summed E-state index contributed by atoms with van der Waals surface area (Å²) in [5.41, 5.74) is 3.04. The molecule has 124 valence electrons. The Balaban J connectivity index is 1.60. The van der Waals surface area contributed by atoms with E-state index in [-0.39, 0.29) is 23.8 Å². The van der Waals surface area contributed by atoms with Gasteiger partial charge in [-0.3, -0.25) is 4.79 Å². The Bertz CT molecular complexity index is 785. The van der Waals surface area contributed by atoms with Crippen molar-refractivity contribution < 1.29 is 19.4 Å². The predicted octanol–water partition coefficient (Wildman–Crippen LogP) is 2.44. The van der Waals surface area contributed by atoms with Gasteiger partial charge < -0.3 is 14.7 Å². The summed E-state index contributed by atoms with van der Waals surface area (Å²) < 4.78 is 5.08. The Morgan fingerprint density at radius 3 is 2.67 bits per heavy atom. The van der Waals surface area contributed by atoms with Gasteiger partial charge in [0.15, 0.2) is 6.61 Å². The molecule has 0 fully saturated rings. The minimum atomic E-state index is -0.693. The highest BCUT2D eigenvalue weighted by Gasteiger charge is 2.22. The standard InChI is InChI=1S/C19H19NO4/c1-13-5-4-8-16(18(13)22)19(23)24-12-17(21)20-10-9-14-6-2-3-7-15(14)11-20/h2-8,22H,9-12H2,1H3. The van der Waals surface area contributed by atoms with Crippen molar-refractivity contribution in [2.75, 3.05) is 13.2 Å². The second-order valence-corrected chi connectivity index (χ2v) is 5.88. The van der Waals surface area contributed by atoms with E-state index in [2.05, 4.69) is 6.07 Å². The molecule has 0 atom stereocenters. The first-order valence-corrected chi connectivity index (χ1v) is 7.86. The largest absolute Gasteiger partial charge is 0.507 e. The van der Waals surface area contributed by atoms with Crippen molar-refractivity contribution in [3.05, 3.63) is 64.7 Å². The Labute approximate surface area is 140 Å². The minimum absolute atomic E-state index is 0.0757. The molecule has 0 saturated carbocycles.